The molecule has 0 saturated carbocycles. The largest absolute Gasteiger partial charge is 0.492 e. The quantitative estimate of drug-likeness (QED) is 0.295. The Morgan fingerprint density at radius 2 is 1.81 bits per heavy atom. The first-order valence-electron chi connectivity index (χ1n) is 10.4. The number of halogens is 1. The molecule has 2 rings (SSSR count). The monoisotopic (exact) mass is 460 g/mol. The standard InChI is InChI=1S/C23H29ClN4O4/c1-4-31-20-11-10-18(14-19(20)24)27-22(26-15-17-8-6-16(3)7-9-17)28-23(30)25-13-12-21(29)32-5-2/h6-11,14H,4-5,12-13,15H2,1-3H3,(H3,25,26,27,28,30). The Labute approximate surface area is 193 Å². The van der Waals surface area contributed by atoms with Crippen molar-refractivity contribution in [3.8, 4) is 5.75 Å². The molecule has 0 saturated heterocycles. The number of amides is 2. The Balaban J connectivity index is 2.07. The summed E-state index contributed by atoms with van der Waals surface area (Å²) in [5.74, 6) is 0.435. The second-order valence-corrected chi connectivity index (χ2v) is 7.20. The van der Waals surface area contributed by atoms with Crippen LogP contribution in [-0.2, 0) is 16.1 Å². The van der Waals surface area contributed by atoms with Gasteiger partial charge in [0.1, 0.15) is 5.75 Å². The minimum atomic E-state index is -0.499. The van der Waals surface area contributed by atoms with E-state index in [1.807, 2.05) is 38.1 Å². The van der Waals surface area contributed by atoms with Crippen molar-refractivity contribution in [2.24, 2.45) is 4.99 Å². The Kier molecular flexibility index (Phi) is 10.3. The summed E-state index contributed by atoms with van der Waals surface area (Å²) < 4.78 is 10.3. The zero-order chi connectivity index (χ0) is 23.3. The van der Waals surface area contributed by atoms with E-state index in [1.54, 1.807) is 25.1 Å². The maximum Gasteiger partial charge on any atom is 0.321 e. The highest BCUT2D eigenvalue weighted by Gasteiger charge is 2.10. The van der Waals surface area contributed by atoms with Gasteiger partial charge in [0.15, 0.2) is 0 Å². The average molecular weight is 461 g/mol. The van der Waals surface area contributed by atoms with Gasteiger partial charge in [-0.15, -0.1) is 0 Å². The van der Waals surface area contributed by atoms with Gasteiger partial charge in [0, 0.05) is 12.2 Å². The smallest absolute Gasteiger partial charge is 0.321 e. The number of esters is 1. The Bertz CT molecular complexity index is 932. The number of hydrogen-bond donors (Lipinski definition) is 3. The van der Waals surface area contributed by atoms with Gasteiger partial charge in [-0.3, -0.25) is 10.1 Å². The van der Waals surface area contributed by atoms with Crippen molar-refractivity contribution < 1.29 is 19.1 Å². The maximum atomic E-state index is 12.3. The molecular formula is C23H29ClN4O4. The van der Waals surface area contributed by atoms with Crippen molar-refractivity contribution in [2.75, 3.05) is 25.1 Å². The first-order valence-corrected chi connectivity index (χ1v) is 10.8. The molecule has 0 aliphatic heterocycles. The third kappa shape index (κ3) is 8.85. The van der Waals surface area contributed by atoms with Gasteiger partial charge in [0.05, 0.1) is 31.2 Å². The first kappa shape index (κ1) is 25.0. The molecule has 0 atom stereocenters. The Morgan fingerprint density at radius 1 is 1.06 bits per heavy atom. The van der Waals surface area contributed by atoms with Crippen LogP contribution in [-0.4, -0.2) is 37.7 Å². The third-order valence-corrected chi connectivity index (χ3v) is 4.48. The van der Waals surface area contributed by atoms with Gasteiger partial charge in [-0.25, -0.2) is 9.79 Å². The third-order valence-electron chi connectivity index (χ3n) is 4.19. The molecule has 0 spiro atoms. The number of nitrogens with one attached hydrogen (secondary N) is 3. The van der Waals surface area contributed by atoms with Gasteiger partial charge in [0.25, 0.3) is 0 Å². The fourth-order valence-corrected chi connectivity index (χ4v) is 2.86. The van der Waals surface area contributed by atoms with Crippen LogP contribution in [0.15, 0.2) is 47.5 Å². The van der Waals surface area contributed by atoms with Gasteiger partial charge in [-0.2, -0.15) is 0 Å². The highest BCUT2D eigenvalue weighted by Crippen LogP contribution is 2.27. The summed E-state index contributed by atoms with van der Waals surface area (Å²) >= 11 is 6.26. The zero-order valence-electron chi connectivity index (χ0n) is 18.5. The highest BCUT2D eigenvalue weighted by molar-refractivity contribution is 6.32. The van der Waals surface area contributed by atoms with Crippen molar-refractivity contribution in [2.45, 2.75) is 33.7 Å². The number of ether oxygens (including phenoxy) is 2. The predicted molar refractivity (Wildman–Crippen MR) is 126 cm³/mol. The molecule has 172 valence electrons. The van der Waals surface area contributed by atoms with Gasteiger partial charge in [0.2, 0.25) is 5.96 Å². The van der Waals surface area contributed by atoms with Crippen LogP contribution in [0.3, 0.4) is 0 Å². The summed E-state index contributed by atoms with van der Waals surface area (Å²) in [6, 6.07) is 12.7. The number of guanidine groups is 1. The molecule has 2 amide bonds. The molecule has 3 N–H and O–H groups in total. The lowest BCUT2D eigenvalue weighted by Gasteiger charge is -2.14. The van der Waals surface area contributed by atoms with E-state index in [4.69, 9.17) is 21.1 Å². The molecule has 32 heavy (non-hydrogen) atoms. The Morgan fingerprint density at radius 3 is 2.47 bits per heavy atom. The number of urea groups is 1. The lowest BCUT2D eigenvalue weighted by atomic mass is 10.1. The van der Waals surface area contributed by atoms with Crippen LogP contribution < -0.4 is 20.7 Å². The molecule has 2 aromatic carbocycles. The minimum absolute atomic E-state index is 0.0824. The van der Waals surface area contributed by atoms with Gasteiger partial charge < -0.3 is 20.1 Å². The zero-order valence-corrected chi connectivity index (χ0v) is 19.3. The number of benzene rings is 2. The van der Waals surface area contributed by atoms with Gasteiger partial charge >= 0.3 is 12.0 Å². The number of rotatable bonds is 9. The van der Waals surface area contributed by atoms with Crippen LogP contribution in [0.1, 0.15) is 31.4 Å². The van der Waals surface area contributed by atoms with Crippen LogP contribution in [0.2, 0.25) is 5.02 Å². The van der Waals surface area contributed by atoms with Gasteiger partial charge in [-0.1, -0.05) is 41.4 Å². The topological polar surface area (TPSA) is 101 Å². The average Bonchev–Trinajstić information content (AvgIpc) is 2.75. The minimum Gasteiger partial charge on any atom is -0.492 e. The van der Waals surface area contributed by atoms with E-state index in [9.17, 15) is 9.59 Å². The Hall–Kier alpha value is -3.26. The normalized spacial score (nSPS) is 10.9. The van der Waals surface area contributed by atoms with E-state index in [2.05, 4.69) is 20.9 Å². The number of carbonyl (C=O) groups excluding carboxylic acids is 2. The summed E-state index contributed by atoms with van der Waals surface area (Å²) in [7, 11) is 0. The number of aryl methyl sites for hydroxylation is 1. The van der Waals surface area contributed by atoms with E-state index in [1.165, 1.54) is 0 Å². The molecule has 8 nitrogen and oxygen atoms in total. The van der Waals surface area contributed by atoms with Crippen molar-refractivity contribution in [3.05, 3.63) is 58.6 Å². The summed E-state index contributed by atoms with van der Waals surface area (Å²) in [6.45, 7) is 6.92. The highest BCUT2D eigenvalue weighted by atomic mass is 35.5. The van der Waals surface area contributed by atoms with Crippen LogP contribution in [0.25, 0.3) is 0 Å². The maximum absolute atomic E-state index is 12.3. The summed E-state index contributed by atoms with van der Waals surface area (Å²) in [6.07, 6.45) is 0.0824. The van der Waals surface area contributed by atoms with Crippen molar-refractivity contribution in [3.63, 3.8) is 0 Å². The first-order chi connectivity index (χ1) is 15.4. The molecular weight excluding hydrogens is 432 g/mol. The van der Waals surface area contributed by atoms with Crippen molar-refractivity contribution in [1.29, 1.82) is 0 Å². The van der Waals surface area contributed by atoms with E-state index in [-0.39, 0.29) is 24.9 Å². The lowest BCUT2D eigenvalue weighted by molar-refractivity contribution is -0.142. The molecule has 0 fully saturated rings. The van der Waals surface area contributed by atoms with Crippen LogP contribution in [0.5, 0.6) is 5.75 Å². The van der Waals surface area contributed by atoms with Crippen molar-refractivity contribution in [1.82, 2.24) is 10.6 Å². The second-order valence-electron chi connectivity index (χ2n) is 6.79. The summed E-state index contributed by atoms with van der Waals surface area (Å²) in [5.41, 5.74) is 2.77. The van der Waals surface area contributed by atoms with Crippen molar-refractivity contribution >= 4 is 35.2 Å². The number of carbonyl (C=O) groups is 2. The molecule has 0 heterocycles. The van der Waals surface area contributed by atoms with Crippen LogP contribution in [0, 0.1) is 6.92 Å². The molecule has 2 aromatic rings. The molecule has 0 radical (unpaired) electrons. The molecule has 0 aromatic heterocycles. The molecule has 0 aliphatic carbocycles. The predicted octanol–water partition coefficient (Wildman–Crippen LogP) is 4.27. The van der Waals surface area contributed by atoms with Crippen LogP contribution in [0.4, 0.5) is 10.5 Å². The summed E-state index contributed by atoms with van der Waals surface area (Å²) in [4.78, 5) is 28.2. The molecule has 9 heteroatoms. The SMILES string of the molecule is CCOC(=O)CCNC(=O)NC(=NCc1ccc(C)cc1)Nc1ccc(OCC)c(Cl)c1. The van der Waals surface area contributed by atoms with Gasteiger partial charge in [-0.05, 0) is 44.5 Å². The number of hydrogen-bond acceptors (Lipinski definition) is 5. The number of nitrogens with zero attached hydrogens (tertiary/aromatic N) is 1. The lowest BCUT2D eigenvalue weighted by Crippen LogP contribution is -2.43. The number of aliphatic imine (C=N–C) groups is 1. The second kappa shape index (κ2) is 13.2. The van der Waals surface area contributed by atoms with E-state index in [0.717, 1.165) is 11.1 Å². The fourth-order valence-electron chi connectivity index (χ4n) is 2.62. The molecule has 0 bridgehead atoms. The van der Waals surface area contributed by atoms with Crippen LogP contribution >= 0.6 is 11.6 Å². The number of anilines is 1. The fraction of sp³-hybridized carbons (Fsp3) is 0.348. The van der Waals surface area contributed by atoms with E-state index in [0.29, 0.717) is 36.2 Å². The summed E-state index contributed by atoms with van der Waals surface area (Å²) in [5, 5.41) is 8.79. The molecule has 0 unspecified atom stereocenters. The molecule has 0 aliphatic rings. The van der Waals surface area contributed by atoms with E-state index >= 15 is 0 Å². The van der Waals surface area contributed by atoms with E-state index < -0.39 is 6.03 Å².